The number of hydrogen-bond donors (Lipinski definition) is 2. The number of unbranched alkanes of at least 4 members (excludes halogenated alkanes) is 1. The van der Waals surface area contributed by atoms with Gasteiger partial charge in [-0.2, -0.15) is 10.1 Å². The monoisotopic (exact) mass is 532 g/mol. The number of nitrogens with one attached hydrogen (secondary N) is 2. The summed E-state index contributed by atoms with van der Waals surface area (Å²) in [7, 11) is -3.70. The van der Waals surface area contributed by atoms with Crippen LogP contribution in [0.5, 0.6) is 0 Å². The molecule has 0 bridgehead atoms. The molecule has 38 heavy (non-hydrogen) atoms. The second-order valence-electron chi connectivity index (χ2n) is 9.77. The molecular weight excluding hydrogens is 500 g/mol. The number of ketones is 1. The molecule has 5 rings (SSSR count). The molecule has 10 heteroatoms. The molecule has 0 spiro atoms. The van der Waals surface area contributed by atoms with E-state index in [1.165, 1.54) is 0 Å². The largest absolute Gasteiger partial charge is 0.354 e. The van der Waals surface area contributed by atoms with Crippen molar-refractivity contribution in [2.24, 2.45) is 0 Å². The number of rotatable bonds is 9. The first-order valence-electron chi connectivity index (χ1n) is 13.0. The highest BCUT2D eigenvalue weighted by Crippen LogP contribution is 2.34. The standard InChI is InChI=1S/C28H32N6O3S/c1-3-4-17-29-28-30-18-25-26(32-34(27(25)31-28)22-11-13-23(35)14-12-22)20-7-9-21(10-8-20)33-38(36,37)24-15-5-19(2)6-16-24/h5-10,15-16,18,22,33H,3-4,11-14,17H2,1-2H3,(H,29,30,31). The molecule has 0 amide bonds. The number of aryl methyl sites for hydroxylation is 1. The van der Waals surface area contributed by atoms with Gasteiger partial charge in [-0.15, -0.1) is 0 Å². The maximum absolute atomic E-state index is 12.8. The fourth-order valence-electron chi connectivity index (χ4n) is 4.65. The lowest BCUT2D eigenvalue weighted by Crippen LogP contribution is -2.19. The number of nitrogens with zero attached hydrogens (tertiary/aromatic N) is 4. The molecule has 0 atom stereocenters. The Labute approximate surface area is 222 Å². The lowest BCUT2D eigenvalue weighted by atomic mass is 9.94. The molecule has 2 heterocycles. The zero-order chi connectivity index (χ0) is 26.7. The molecule has 0 aliphatic heterocycles. The molecule has 0 radical (unpaired) electrons. The summed E-state index contributed by atoms with van der Waals surface area (Å²) >= 11 is 0. The highest BCUT2D eigenvalue weighted by atomic mass is 32.2. The molecule has 9 nitrogen and oxygen atoms in total. The van der Waals surface area contributed by atoms with Crippen molar-refractivity contribution in [2.45, 2.75) is 63.3 Å². The molecule has 2 aromatic carbocycles. The lowest BCUT2D eigenvalue weighted by molar-refractivity contribution is -0.120. The Bertz CT molecular complexity index is 1540. The van der Waals surface area contributed by atoms with E-state index in [0.717, 1.165) is 60.1 Å². The number of Topliss-reactive ketones (excluding diaryl/α,β-unsaturated/α-hetero) is 1. The van der Waals surface area contributed by atoms with Crippen LogP contribution >= 0.6 is 0 Å². The van der Waals surface area contributed by atoms with E-state index in [2.05, 4.69) is 21.9 Å². The minimum atomic E-state index is -3.70. The maximum atomic E-state index is 12.8. The van der Waals surface area contributed by atoms with Gasteiger partial charge in [-0.3, -0.25) is 9.52 Å². The molecule has 0 unspecified atom stereocenters. The first-order valence-corrected chi connectivity index (χ1v) is 14.5. The summed E-state index contributed by atoms with van der Waals surface area (Å²) in [4.78, 5) is 21.4. The Morgan fingerprint density at radius 3 is 2.42 bits per heavy atom. The Hall–Kier alpha value is -3.79. The Balaban J connectivity index is 1.45. The van der Waals surface area contributed by atoms with Gasteiger partial charge in [0, 0.05) is 36.8 Å². The van der Waals surface area contributed by atoms with E-state index in [-0.39, 0.29) is 16.7 Å². The molecule has 1 fully saturated rings. The second kappa shape index (κ2) is 10.9. The Morgan fingerprint density at radius 2 is 1.74 bits per heavy atom. The summed E-state index contributed by atoms with van der Waals surface area (Å²) in [6.07, 6.45) is 6.45. The summed E-state index contributed by atoms with van der Waals surface area (Å²) < 4.78 is 30.2. The van der Waals surface area contributed by atoms with Crippen LogP contribution < -0.4 is 10.0 Å². The molecular formula is C28H32N6O3S. The summed E-state index contributed by atoms with van der Waals surface area (Å²) in [5.41, 5.74) is 3.74. The molecule has 2 N–H and O–H groups in total. The third kappa shape index (κ3) is 5.55. The van der Waals surface area contributed by atoms with Gasteiger partial charge in [0.05, 0.1) is 16.3 Å². The van der Waals surface area contributed by atoms with Gasteiger partial charge in [0.25, 0.3) is 10.0 Å². The van der Waals surface area contributed by atoms with Gasteiger partial charge in [0.1, 0.15) is 11.5 Å². The SMILES string of the molecule is CCCCNc1ncc2c(-c3ccc(NS(=O)(=O)c4ccc(C)cc4)cc3)nn(C3CCC(=O)CC3)c2n1. The zero-order valence-corrected chi connectivity index (χ0v) is 22.5. The molecule has 1 aliphatic carbocycles. The number of benzene rings is 2. The first-order chi connectivity index (χ1) is 18.3. The summed E-state index contributed by atoms with van der Waals surface area (Å²) in [5, 5.41) is 9.05. The van der Waals surface area contributed by atoms with Crippen LogP contribution in [0.25, 0.3) is 22.3 Å². The van der Waals surface area contributed by atoms with Crippen molar-refractivity contribution in [3.63, 3.8) is 0 Å². The summed E-state index contributed by atoms with van der Waals surface area (Å²) in [6, 6.07) is 14.0. The zero-order valence-electron chi connectivity index (χ0n) is 21.6. The van der Waals surface area contributed by atoms with Crippen molar-refractivity contribution >= 4 is 38.5 Å². The number of hydrogen-bond acceptors (Lipinski definition) is 7. The van der Waals surface area contributed by atoms with Crippen LogP contribution in [0.4, 0.5) is 11.6 Å². The number of aromatic nitrogens is 4. The van der Waals surface area contributed by atoms with Crippen LogP contribution in [0.15, 0.2) is 59.6 Å². The van der Waals surface area contributed by atoms with Crippen molar-refractivity contribution in [2.75, 3.05) is 16.6 Å². The quantitative estimate of drug-likeness (QED) is 0.273. The van der Waals surface area contributed by atoms with Crippen molar-refractivity contribution < 1.29 is 13.2 Å². The van der Waals surface area contributed by atoms with Crippen molar-refractivity contribution in [3.8, 4) is 11.3 Å². The van der Waals surface area contributed by atoms with Crippen LogP contribution in [0, 0.1) is 6.92 Å². The fourth-order valence-corrected chi connectivity index (χ4v) is 5.71. The highest BCUT2D eigenvalue weighted by Gasteiger charge is 2.25. The minimum absolute atomic E-state index is 0.0860. The van der Waals surface area contributed by atoms with E-state index in [0.29, 0.717) is 24.5 Å². The number of anilines is 2. The van der Waals surface area contributed by atoms with Crippen LogP contribution in [-0.2, 0) is 14.8 Å². The number of carbonyl (C=O) groups excluding carboxylic acids is 1. The average molecular weight is 533 g/mol. The van der Waals surface area contributed by atoms with E-state index in [1.807, 2.05) is 23.7 Å². The number of carbonyl (C=O) groups is 1. The van der Waals surface area contributed by atoms with Gasteiger partial charge in [-0.1, -0.05) is 43.2 Å². The predicted molar refractivity (Wildman–Crippen MR) is 149 cm³/mol. The molecule has 1 aliphatic rings. The van der Waals surface area contributed by atoms with E-state index in [9.17, 15) is 13.2 Å². The van der Waals surface area contributed by atoms with Crippen molar-refractivity contribution in [3.05, 3.63) is 60.3 Å². The highest BCUT2D eigenvalue weighted by molar-refractivity contribution is 7.92. The van der Waals surface area contributed by atoms with Crippen LogP contribution in [0.2, 0.25) is 0 Å². The smallest absolute Gasteiger partial charge is 0.261 e. The van der Waals surface area contributed by atoms with Crippen molar-refractivity contribution in [1.29, 1.82) is 0 Å². The molecule has 1 saturated carbocycles. The topological polar surface area (TPSA) is 119 Å². The van der Waals surface area contributed by atoms with Gasteiger partial charge in [0.15, 0.2) is 5.65 Å². The van der Waals surface area contributed by atoms with Gasteiger partial charge in [-0.25, -0.2) is 18.1 Å². The van der Waals surface area contributed by atoms with Crippen LogP contribution in [0.3, 0.4) is 0 Å². The number of fused-ring (bicyclic) bond motifs is 1. The average Bonchev–Trinajstić information content (AvgIpc) is 3.29. The third-order valence-corrected chi connectivity index (χ3v) is 8.26. The van der Waals surface area contributed by atoms with Gasteiger partial charge in [0.2, 0.25) is 5.95 Å². The predicted octanol–water partition coefficient (Wildman–Crippen LogP) is 5.50. The van der Waals surface area contributed by atoms with Gasteiger partial charge < -0.3 is 5.32 Å². The third-order valence-electron chi connectivity index (χ3n) is 6.86. The van der Waals surface area contributed by atoms with E-state index < -0.39 is 10.0 Å². The van der Waals surface area contributed by atoms with Crippen LogP contribution in [0.1, 0.15) is 57.1 Å². The summed E-state index contributed by atoms with van der Waals surface area (Å²) in [6.45, 7) is 4.84. The van der Waals surface area contributed by atoms with E-state index in [4.69, 9.17) is 10.1 Å². The summed E-state index contributed by atoms with van der Waals surface area (Å²) in [5.74, 6) is 0.851. The fraction of sp³-hybridized carbons (Fsp3) is 0.357. The Kier molecular flexibility index (Phi) is 7.42. The van der Waals surface area contributed by atoms with Crippen LogP contribution in [-0.4, -0.2) is 40.5 Å². The normalized spacial score (nSPS) is 14.6. The second-order valence-corrected chi connectivity index (χ2v) is 11.5. The van der Waals surface area contributed by atoms with E-state index >= 15 is 0 Å². The minimum Gasteiger partial charge on any atom is -0.354 e. The van der Waals surface area contributed by atoms with Gasteiger partial charge >= 0.3 is 0 Å². The van der Waals surface area contributed by atoms with E-state index in [1.54, 1.807) is 42.6 Å². The molecule has 4 aromatic rings. The molecule has 198 valence electrons. The lowest BCUT2D eigenvalue weighted by Gasteiger charge is -2.21. The van der Waals surface area contributed by atoms with Crippen molar-refractivity contribution in [1.82, 2.24) is 19.7 Å². The van der Waals surface area contributed by atoms with Gasteiger partial charge in [-0.05, 0) is 50.5 Å². The Morgan fingerprint density at radius 1 is 1.03 bits per heavy atom. The first kappa shape index (κ1) is 25.8. The molecule has 0 saturated heterocycles. The number of sulfonamides is 1. The molecule has 2 aromatic heterocycles. The maximum Gasteiger partial charge on any atom is 0.261 e.